The summed E-state index contributed by atoms with van der Waals surface area (Å²) in [6.07, 6.45) is 6.23. The molecule has 104 valence electrons. The van der Waals surface area contributed by atoms with Gasteiger partial charge in [-0.1, -0.05) is 19.3 Å². The summed E-state index contributed by atoms with van der Waals surface area (Å²) in [5.41, 5.74) is 5.42. The molecule has 0 bridgehead atoms. The molecule has 0 saturated heterocycles. The third-order valence-electron chi connectivity index (χ3n) is 3.35. The van der Waals surface area contributed by atoms with E-state index in [0.717, 1.165) is 32.1 Å². The van der Waals surface area contributed by atoms with Gasteiger partial charge in [-0.3, -0.25) is 10.1 Å². The standard InChI is InChI=1S/C12H18N4O2S/c13-10(17)8-4-2-1-3-5-9(8)15-11(18)16-12-14-6-7-19-12/h6-9H,1-5H2,(H2,13,17)(H2,14,15,16,18)/t8-,9-/m1/s1. The van der Waals surface area contributed by atoms with Gasteiger partial charge in [-0.05, 0) is 12.8 Å². The molecule has 0 radical (unpaired) electrons. The maximum Gasteiger partial charge on any atom is 0.321 e. The quantitative estimate of drug-likeness (QED) is 0.736. The van der Waals surface area contributed by atoms with Gasteiger partial charge in [0.2, 0.25) is 5.91 Å². The zero-order valence-electron chi connectivity index (χ0n) is 10.6. The molecule has 1 heterocycles. The van der Waals surface area contributed by atoms with E-state index in [9.17, 15) is 9.59 Å². The van der Waals surface area contributed by atoms with Gasteiger partial charge in [-0.15, -0.1) is 11.3 Å². The molecule has 1 saturated carbocycles. The Kier molecular flexibility index (Phi) is 4.73. The fourth-order valence-electron chi connectivity index (χ4n) is 2.41. The number of primary amides is 1. The lowest BCUT2D eigenvalue weighted by Gasteiger charge is -2.23. The first-order valence-corrected chi connectivity index (χ1v) is 7.31. The lowest BCUT2D eigenvalue weighted by atomic mass is 9.94. The maximum atomic E-state index is 11.9. The number of nitrogens with zero attached hydrogens (tertiary/aromatic N) is 1. The van der Waals surface area contributed by atoms with Gasteiger partial charge in [0.25, 0.3) is 0 Å². The monoisotopic (exact) mass is 282 g/mol. The topological polar surface area (TPSA) is 97.1 Å². The average Bonchev–Trinajstić information content (AvgIpc) is 2.73. The molecule has 2 atom stereocenters. The summed E-state index contributed by atoms with van der Waals surface area (Å²) in [4.78, 5) is 27.3. The number of carbonyl (C=O) groups is 2. The molecule has 6 nitrogen and oxygen atoms in total. The van der Waals surface area contributed by atoms with E-state index in [2.05, 4.69) is 15.6 Å². The summed E-state index contributed by atoms with van der Waals surface area (Å²) in [7, 11) is 0. The molecule has 0 aromatic carbocycles. The van der Waals surface area contributed by atoms with Gasteiger partial charge >= 0.3 is 6.03 Å². The summed E-state index contributed by atoms with van der Waals surface area (Å²) in [5.74, 6) is -0.606. The predicted octanol–water partition coefficient (Wildman–Crippen LogP) is 1.70. The van der Waals surface area contributed by atoms with Crippen LogP contribution in [0.4, 0.5) is 9.93 Å². The molecule has 1 aliphatic carbocycles. The molecule has 0 unspecified atom stereocenters. The molecule has 3 amide bonds. The van der Waals surface area contributed by atoms with Gasteiger partial charge in [0.1, 0.15) is 0 Å². The number of urea groups is 1. The summed E-state index contributed by atoms with van der Waals surface area (Å²) >= 11 is 1.35. The van der Waals surface area contributed by atoms with Crippen LogP contribution in [0.25, 0.3) is 0 Å². The van der Waals surface area contributed by atoms with E-state index in [0.29, 0.717) is 5.13 Å². The van der Waals surface area contributed by atoms with Crippen LogP contribution in [0.15, 0.2) is 11.6 Å². The zero-order chi connectivity index (χ0) is 13.7. The van der Waals surface area contributed by atoms with Crippen molar-refractivity contribution < 1.29 is 9.59 Å². The van der Waals surface area contributed by atoms with Crippen molar-refractivity contribution in [3.05, 3.63) is 11.6 Å². The highest BCUT2D eigenvalue weighted by Crippen LogP contribution is 2.23. The second kappa shape index (κ2) is 6.51. The van der Waals surface area contributed by atoms with Crippen LogP contribution in [0, 0.1) is 5.92 Å². The van der Waals surface area contributed by atoms with E-state index in [1.807, 2.05) is 0 Å². The molecule has 7 heteroatoms. The molecule has 1 aromatic heterocycles. The SMILES string of the molecule is NC(=O)[C@@H]1CCCCC[C@H]1NC(=O)Nc1nccs1. The highest BCUT2D eigenvalue weighted by atomic mass is 32.1. The smallest absolute Gasteiger partial charge is 0.321 e. The first-order chi connectivity index (χ1) is 9.16. The van der Waals surface area contributed by atoms with Crippen molar-refractivity contribution in [2.45, 2.75) is 38.1 Å². The fourth-order valence-corrected chi connectivity index (χ4v) is 2.93. The van der Waals surface area contributed by atoms with E-state index in [4.69, 9.17) is 5.73 Å². The minimum Gasteiger partial charge on any atom is -0.369 e. The molecule has 2 rings (SSSR count). The number of rotatable bonds is 3. The lowest BCUT2D eigenvalue weighted by Crippen LogP contribution is -2.46. The first-order valence-electron chi connectivity index (χ1n) is 6.43. The second-order valence-electron chi connectivity index (χ2n) is 4.69. The number of nitrogens with two attached hydrogens (primary N) is 1. The second-order valence-corrected chi connectivity index (χ2v) is 5.58. The number of hydrogen-bond acceptors (Lipinski definition) is 4. The Labute approximate surface area is 115 Å². The van der Waals surface area contributed by atoms with Crippen LogP contribution in [0.1, 0.15) is 32.1 Å². The highest BCUT2D eigenvalue weighted by molar-refractivity contribution is 7.13. The van der Waals surface area contributed by atoms with Crippen molar-refractivity contribution in [1.29, 1.82) is 0 Å². The molecular weight excluding hydrogens is 264 g/mol. The van der Waals surface area contributed by atoms with Crippen molar-refractivity contribution in [1.82, 2.24) is 10.3 Å². The van der Waals surface area contributed by atoms with Crippen LogP contribution >= 0.6 is 11.3 Å². The molecule has 4 N–H and O–H groups in total. The molecule has 1 aliphatic rings. The molecule has 0 aliphatic heterocycles. The van der Waals surface area contributed by atoms with Gasteiger partial charge in [0, 0.05) is 17.6 Å². The van der Waals surface area contributed by atoms with Crippen molar-refractivity contribution in [2.24, 2.45) is 11.7 Å². The normalized spacial score (nSPS) is 23.4. The van der Waals surface area contributed by atoms with Crippen molar-refractivity contribution in [2.75, 3.05) is 5.32 Å². The molecule has 1 fully saturated rings. The number of hydrogen-bond donors (Lipinski definition) is 3. The van der Waals surface area contributed by atoms with Crippen LogP contribution in [-0.2, 0) is 4.79 Å². The van der Waals surface area contributed by atoms with Crippen LogP contribution in [-0.4, -0.2) is 23.0 Å². The van der Waals surface area contributed by atoms with Gasteiger partial charge in [-0.25, -0.2) is 9.78 Å². The van der Waals surface area contributed by atoms with Crippen molar-refractivity contribution in [3.8, 4) is 0 Å². The van der Waals surface area contributed by atoms with Crippen LogP contribution in [0.2, 0.25) is 0 Å². The maximum absolute atomic E-state index is 11.9. The Morgan fingerprint density at radius 2 is 2.11 bits per heavy atom. The molecule has 19 heavy (non-hydrogen) atoms. The average molecular weight is 282 g/mol. The van der Waals surface area contributed by atoms with Gasteiger partial charge in [0.15, 0.2) is 5.13 Å². The summed E-state index contributed by atoms with van der Waals surface area (Å²) < 4.78 is 0. The van der Waals surface area contributed by atoms with E-state index in [1.54, 1.807) is 11.6 Å². The van der Waals surface area contributed by atoms with Gasteiger partial charge in [0.05, 0.1) is 5.92 Å². The molecule has 0 spiro atoms. The highest BCUT2D eigenvalue weighted by Gasteiger charge is 2.29. The Morgan fingerprint density at radius 1 is 1.32 bits per heavy atom. The largest absolute Gasteiger partial charge is 0.369 e. The Hall–Kier alpha value is -1.63. The van der Waals surface area contributed by atoms with E-state index in [-0.39, 0.29) is 23.9 Å². The molecule has 1 aromatic rings. The minimum atomic E-state index is -0.332. The third kappa shape index (κ3) is 3.92. The van der Waals surface area contributed by atoms with Crippen molar-refractivity contribution in [3.63, 3.8) is 0 Å². The first kappa shape index (κ1) is 13.8. The van der Waals surface area contributed by atoms with E-state index >= 15 is 0 Å². The third-order valence-corrected chi connectivity index (χ3v) is 4.04. The van der Waals surface area contributed by atoms with Crippen LogP contribution in [0.3, 0.4) is 0 Å². The van der Waals surface area contributed by atoms with E-state index in [1.165, 1.54) is 11.3 Å². The summed E-state index contributed by atoms with van der Waals surface area (Å²) in [6, 6.07) is -0.506. The zero-order valence-corrected chi connectivity index (χ0v) is 11.4. The Bertz CT molecular complexity index is 435. The lowest BCUT2D eigenvalue weighted by molar-refractivity contribution is -0.122. The predicted molar refractivity (Wildman–Crippen MR) is 73.8 cm³/mol. The Morgan fingerprint density at radius 3 is 2.79 bits per heavy atom. The summed E-state index contributed by atoms with van der Waals surface area (Å²) in [6.45, 7) is 0. The molecular formula is C12H18N4O2S. The van der Waals surface area contributed by atoms with Gasteiger partial charge in [-0.2, -0.15) is 0 Å². The van der Waals surface area contributed by atoms with Crippen molar-refractivity contribution >= 4 is 28.4 Å². The van der Waals surface area contributed by atoms with Crippen LogP contribution in [0.5, 0.6) is 0 Å². The summed E-state index contributed by atoms with van der Waals surface area (Å²) in [5, 5.41) is 7.83. The fraction of sp³-hybridized carbons (Fsp3) is 0.583. The number of amides is 3. The minimum absolute atomic E-state index is 0.181. The number of aromatic nitrogens is 1. The number of carbonyl (C=O) groups excluding carboxylic acids is 2. The number of anilines is 1. The Balaban J connectivity index is 1.94. The van der Waals surface area contributed by atoms with Crippen LogP contribution < -0.4 is 16.4 Å². The van der Waals surface area contributed by atoms with Gasteiger partial charge < -0.3 is 11.1 Å². The number of nitrogens with one attached hydrogen (secondary N) is 2. The number of thiazole rings is 1. The van der Waals surface area contributed by atoms with E-state index < -0.39 is 0 Å².